The fourth-order valence-corrected chi connectivity index (χ4v) is 4.48. The predicted molar refractivity (Wildman–Crippen MR) is 112 cm³/mol. The summed E-state index contributed by atoms with van der Waals surface area (Å²) < 4.78 is 6.04. The highest BCUT2D eigenvalue weighted by Gasteiger charge is 2.33. The molecule has 3 rings (SSSR count). The Hall–Kier alpha value is -2.34. The predicted octanol–water partition coefficient (Wildman–Crippen LogP) is 3.82. The van der Waals surface area contributed by atoms with Gasteiger partial charge in [0.25, 0.3) is 0 Å². The van der Waals surface area contributed by atoms with Gasteiger partial charge in [-0.3, -0.25) is 9.59 Å². The summed E-state index contributed by atoms with van der Waals surface area (Å²) >= 11 is 1.74. The highest BCUT2D eigenvalue weighted by Crippen LogP contribution is 2.34. The Kier molecular flexibility index (Phi) is 6.73. The maximum Gasteiger partial charge on any atom is 0.242 e. The van der Waals surface area contributed by atoms with E-state index in [-0.39, 0.29) is 24.4 Å². The molecule has 0 bridgehead atoms. The molecule has 1 aromatic carbocycles. The van der Waals surface area contributed by atoms with Gasteiger partial charge in [-0.25, -0.2) is 0 Å². The normalized spacial score (nSPS) is 15.8. The van der Waals surface area contributed by atoms with Crippen LogP contribution in [0.2, 0.25) is 0 Å². The molecule has 1 aliphatic rings. The SMILES string of the molecule is CCCN(CC(=O)N1CCc2sccc2[C@H]1COc1ccc(C)cc1)C(C)=O. The average molecular weight is 401 g/mol. The second-order valence-electron chi connectivity index (χ2n) is 7.22. The van der Waals surface area contributed by atoms with Crippen LogP contribution in [-0.2, 0) is 16.0 Å². The molecule has 0 N–H and O–H groups in total. The third-order valence-electron chi connectivity index (χ3n) is 5.11. The van der Waals surface area contributed by atoms with Gasteiger partial charge in [0.15, 0.2) is 0 Å². The van der Waals surface area contributed by atoms with Gasteiger partial charge in [0, 0.05) is 24.9 Å². The van der Waals surface area contributed by atoms with Crippen LogP contribution in [0, 0.1) is 6.92 Å². The van der Waals surface area contributed by atoms with Gasteiger partial charge in [-0.05, 0) is 48.9 Å². The summed E-state index contributed by atoms with van der Waals surface area (Å²) in [5, 5.41) is 2.08. The second kappa shape index (κ2) is 9.24. The highest BCUT2D eigenvalue weighted by molar-refractivity contribution is 7.10. The third kappa shape index (κ3) is 4.73. The number of rotatable bonds is 7. The van der Waals surface area contributed by atoms with E-state index in [1.54, 1.807) is 16.2 Å². The van der Waals surface area contributed by atoms with Crippen molar-refractivity contribution in [1.29, 1.82) is 0 Å². The monoisotopic (exact) mass is 400 g/mol. The van der Waals surface area contributed by atoms with E-state index in [1.807, 2.05) is 43.0 Å². The molecule has 0 fully saturated rings. The lowest BCUT2D eigenvalue weighted by molar-refractivity contribution is -0.141. The van der Waals surface area contributed by atoms with E-state index in [9.17, 15) is 9.59 Å². The Morgan fingerprint density at radius 1 is 1.25 bits per heavy atom. The highest BCUT2D eigenvalue weighted by atomic mass is 32.1. The van der Waals surface area contributed by atoms with E-state index in [0.717, 1.165) is 18.6 Å². The number of hydrogen-bond acceptors (Lipinski definition) is 4. The number of benzene rings is 1. The molecule has 1 atom stereocenters. The van der Waals surface area contributed by atoms with Gasteiger partial charge >= 0.3 is 0 Å². The smallest absolute Gasteiger partial charge is 0.242 e. The van der Waals surface area contributed by atoms with Crippen LogP contribution in [0.15, 0.2) is 35.7 Å². The fraction of sp³-hybridized carbons (Fsp3) is 0.455. The minimum atomic E-state index is -0.126. The van der Waals surface area contributed by atoms with Gasteiger partial charge in [0.05, 0.1) is 12.6 Å². The molecule has 0 spiro atoms. The first-order valence-corrected chi connectivity index (χ1v) is 10.7. The van der Waals surface area contributed by atoms with Crippen LogP contribution >= 0.6 is 11.3 Å². The molecule has 5 nitrogen and oxygen atoms in total. The Morgan fingerprint density at radius 3 is 2.68 bits per heavy atom. The van der Waals surface area contributed by atoms with Crippen molar-refractivity contribution in [2.75, 3.05) is 26.2 Å². The summed E-state index contributed by atoms with van der Waals surface area (Å²) in [7, 11) is 0. The largest absolute Gasteiger partial charge is 0.491 e. The van der Waals surface area contributed by atoms with E-state index in [0.29, 0.717) is 19.7 Å². The molecule has 0 saturated carbocycles. The van der Waals surface area contributed by atoms with Gasteiger partial charge < -0.3 is 14.5 Å². The van der Waals surface area contributed by atoms with E-state index in [2.05, 4.69) is 11.4 Å². The Bertz CT molecular complexity index is 815. The Labute approximate surface area is 170 Å². The summed E-state index contributed by atoms with van der Waals surface area (Å²) in [6.07, 6.45) is 1.69. The number of carbonyl (C=O) groups excluding carboxylic acids is 2. The standard InChI is InChI=1S/C22H28N2O3S/c1-4-11-23(17(3)25)14-22(26)24-12-9-21-19(10-13-28-21)20(24)15-27-18-7-5-16(2)6-8-18/h5-8,10,13,20H,4,9,11-12,14-15H2,1-3H3/t20-/m1/s1. The summed E-state index contributed by atoms with van der Waals surface area (Å²) in [4.78, 5) is 29.8. The number of carbonyl (C=O) groups is 2. The van der Waals surface area contributed by atoms with E-state index in [4.69, 9.17) is 4.74 Å². The number of ether oxygens (including phenoxy) is 1. The van der Waals surface area contributed by atoms with Crippen molar-refractivity contribution >= 4 is 23.2 Å². The maximum atomic E-state index is 13.1. The van der Waals surface area contributed by atoms with Crippen molar-refractivity contribution in [3.05, 3.63) is 51.7 Å². The molecule has 2 aromatic rings. The van der Waals surface area contributed by atoms with Crippen LogP contribution in [0.1, 0.15) is 42.3 Å². The molecule has 1 aliphatic heterocycles. The van der Waals surface area contributed by atoms with Crippen LogP contribution in [0.3, 0.4) is 0 Å². The molecule has 0 saturated heterocycles. The van der Waals surface area contributed by atoms with Gasteiger partial charge in [-0.2, -0.15) is 0 Å². The molecule has 2 amide bonds. The second-order valence-corrected chi connectivity index (χ2v) is 8.22. The third-order valence-corrected chi connectivity index (χ3v) is 6.11. The van der Waals surface area contributed by atoms with Crippen molar-refractivity contribution < 1.29 is 14.3 Å². The molecule has 6 heteroatoms. The van der Waals surface area contributed by atoms with Crippen LogP contribution in [0.4, 0.5) is 0 Å². The average Bonchev–Trinajstić information content (AvgIpc) is 3.15. The quantitative estimate of drug-likeness (QED) is 0.710. The first-order valence-electron chi connectivity index (χ1n) is 9.80. The van der Waals surface area contributed by atoms with Crippen molar-refractivity contribution in [2.45, 2.75) is 39.7 Å². The molecule has 150 valence electrons. The number of thiophene rings is 1. The molecule has 0 radical (unpaired) electrons. The Balaban J connectivity index is 1.75. The summed E-state index contributed by atoms with van der Waals surface area (Å²) in [5.41, 5.74) is 2.35. The minimum absolute atomic E-state index is 0.0157. The molecular weight excluding hydrogens is 372 g/mol. The van der Waals surface area contributed by atoms with Crippen molar-refractivity contribution in [3.63, 3.8) is 0 Å². The lowest BCUT2D eigenvalue weighted by Crippen LogP contribution is -2.47. The number of aryl methyl sites for hydroxylation is 1. The van der Waals surface area contributed by atoms with Crippen molar-refractivity contribution in [3.8, 4) is 5.75 Å². The van der Waals surface area contributed by atoms with Crippen LogP contribution in [0.25, 0.3) is 0 Å². The molecule has 2 heterocycles. The minimum Gasteiger partial charge on any atom is -0.491 e. The maximum absolute atomic E-state index is 13.1. The zero-order valence-electron chi connectivity index (χ0n) is 16.8. The fourth-order valence-electron chi connectivity index (χ4n) is 3.56. The zero-order chi connectivity index (χ0) is 20.1. The van der Waals surface area contributed by atoms with Crippen molar-refractivity contribution in [2.24, 2.45) is 0 Å². The molecular formula is C22H28N2O3S. The van der Waals surface area contributed by atoms with Crippen LogP contribution in [-0.4, -0.2) is 47.9 Å². The van der Waals surface area contributed by atoms with Crippen molar-refractivity contribution in [1.82, 2.24) is 9.80 Å². The van der Waals surface area contributed by atoms with E-state index >= 15 is 0 Å². The first-order chi connectivity index (χ1) is 13.5. The lowest BCUT2D eigenvalue weighted by atomic mass is 10.0. The van der Waals surface area contributed by atoms with E-state index < -0.39 is 0 Å². The van der Waals surface area contributed by atoms with E-state index in [1.165, 1.54) is 22.9 Å². The molecule has 1 aromatic heterocycles. The zero-order valence-corrected chi connectivity index (χ0v) is 17.6. The van der Waals surface area contributed by atoms with Gasteiger partial charge in [0.2, 0.25) is 11.8 Å². The van der Waals surface area contributed by atoms with Crippen LogP contribution in [0.5, 0.6) is 5.75 Å². The molecule has 0 unspecified atom stereocenters. The molecule has 0 aliphatic carbocycles. The summed E-state index contributed by atoms with van der Waals surface area (Å²) in [6, 6.07) is 9.92. The number of amides is 2. The van der Waals surface area contributed by atoms with Gasteiger partial charge in [-0.1, -0.05) is 24.6 Å². The first kappa shape index (κ1) is 20.4. The van der Waals surface area contributed by atoms with Gasteiger partial charge in [0.1, 0.15) is 12.4 Å². The number of fused-ring (bicyclic) bond motifs is 1. The Morgan fingerprint density at radius 2 is 2.00 bits per heavy atom. The summed E-state index contributed by atoms with van der Waals surface area (Å²) in [5.74, 6) is 0.727. The van der Waals surface area contributed by atoms with Crippen LogP contribution < -0.4 is 4.74 Å². The number of hydrogen-bond donors (Lipinski definition) is 0. The molecule has 28 heavy (non-hydrogen) atoms. The topological polar surface area (TPSA) is 49.9 Å². The summed E-state index contributed by atoms with van der Waals surface area (Å²) in [6.45, 7) is 7.37. The number of nitrogens with zero attached hydrogens (tertiary/aromatic N) is 2. The van der Waals surface area contributed by atoms with Gasteiger partial charge in [-0.15, -0.1) is 11.3 Å². The lowest BCUT2D eigenvalue weighted by Gasteiger charge is -2.37.